The van der Waals surface area contributed by atoms with E-state index in [1.54, 1.807) is 0 Å². The molecule has 0 bridgehead atoms. The minimum absolute atomic E-state index is 1.36. The largest absolute Gasteiger partial charge is 0.144 e. The summed E-state index contributed by atoms with van der Waals surface area (Å²) in [5.41, 5.74) is 5.59. The van der Waals surface area contributed by atoms with Crippen molar-refractivity contribution < 1.29 is 0 Å². The molecule has 4 heteroatoms. The molecule has 0 nitrogen and oxygen atoms in total. The zero-order valence-electron chi connectivity index (χ0n) is 15.4. The predicted molar refractivity (Wildman–Crippen MR) is 131 cm³/mol. The molecule has 0 fully saturated rings. The van der Waals surface area contributed by atoms with E-state index < -0.39 is 0 Å². The summed E-state index contributed by atoms with van der Waals surface area (Å²) in [4.78, 5) is 2.73. The molecule has 0 aliphatic carbocycles. The van der Waals surface area contributed by atoms with Gasteiger partial charge in [-0.15, -0.1) is 45.3 Å². The smallest absolute Gasteiger partial charge is 0.0358 e. The molecule has 6 aromatic rings. The lowest BCUT2D eigenvalue weighted by molar-refractivity contribution is 1.57. The van der Waals surface area contributed by atoms with Gasteiger partial charge in [0.25, 0.3) is 0 Å². The number of hydrogen-bond acceptors (Lipinski definition) is 4. The molecule has 0 saturated carbocycles. The Bertz CT molecular complexity index is 1340. The van der Waals surface area contributed by atoms with Gasteiger partial charge in [0, 0.05) is 51.8 Å². The molecule has 0 saturated heterocycles. The van der Waals surface area contributed by atoms with Gasteiger partial charge in [0.05, 0.1) is 0 Å². The Labute approximate surface area is 179 Å². The fourth-order valence-electron chi connectivity index (χ4n) is 4.27. The molecule has 2 aromatic carbocycles. The highest BCUT2D eigenvalue weighted by atomic mass is 32.1. The molecule has 136 valence electrons. The van der Waals surface area contributed by atoms with Crippen LogP contribution in [0.15, 0.2) is 57.9 Å². The summed E-state index contributed by atoms with van der Waals surface area (Å²) in [6, 6.07) is 13.6. The van der Waals surface area contributed by atoms with Crippen molar-refractivity contribution in [2.24, 2.45) is 0 Å². The van der Waals surface area contributed by atoms with Crippen molar-refractivity contribution >= 4 is 76.3 Å². The van der Waals surface area contributed by atoms with Gasteiger partial charge >= 0.3 is 0 Å². The van der Waals surface area contributed by atoms with E-state index in [0.29, 0.717) is 0 Å². The Morgan fingerprint density at radius 2 is 1.07 bits per heavy atom. The number of hydrogen-bond donors (Lipinski definition) is 0. The summed E-state index contributed by atoms with van der Waals surface area (Å²) in [5.74, 6) is 0. The van der Waals surface area contributed by atoms with Crippen LogP contribution >= 0.6 is 45.3 Å². The predicted octanol–water partition coefficient (Wildman–Crippen LogP) is 9.34. The summed E-state index contributed by atoms with van der Waals surface area (Å²) >= 11 is 7.40. The first kappa shape index (κ1) is 16.9. The van der Waals surface area contributed by atoms with Crippen LogP contribution in [0.25, 0.3) is 51.8 Å². The lowest BCUT2D eigenvalue weighted by Gasteiger charge is -2.11. The van der Waals surface area contributed by atoms with E-state index in [9.17, 15) is 0 Å². The van der Waals surface area contributed by atoms with Crippen molar-refractivity contribution in [2.45, 2.75) is 13.8 Å². The molecule has 0 aliphatic rings. The van der Waals surface area contributed by atoms with E-state index in [4.69, 9.17) is 0 Å². The SMILES string of the molecule is Cc1c2cc3scc(-c4cccs4)c3c(C)c2cc2scc(-c3cccs3)c12. The van der Waals surface area contributed by atoms with Crippen LogP contribution in [0.5, 0.6) is 0 Å². The zero-order valence-corrected chi connectivity index (χ0v) is 18.7. The summed E-state index contributed by atoms with van der Waals surface area (Å²) in [6.45, 7) is 4.60. The van der Waals surface area contributed by atoms with Gasteiger partial charge in [-0.2, -0.15) is 0 Å². The van der Waals surface area contributed by atoms with Gasteiger partial charge in [-0.25, -0.2) is 0 Å². The quantitative estimate of drug-likeness (QED) is 0.256. The topological polar surface area (TPSA) is 0 Å². The Kier molecular flexibility index (Phi) is 3.78. The molecule has 4 aromatic heterocycles. The maximum Gasteiger partial charge on any atom is 0.0358 e. The highest BCUT2D eigenvalue weighted by molar-refractivity contribution is 7.19. The van der Waals surface area contributed by atoms with E-state index in [2.05, 4.69) is 71.8 Å². The van der Waals surface area contributed by atoms with Crippen molar-refractivity contribution in [1.29, 1.82) is 0 Å². The molecule has 0 atom stereocenters. The maximum atomic E-state index is 2.42. The second-order valence-electron chi connectivity index (χ2n) is 7.10. The van der Waals surface area contributed by atoms with Gasteiger partial charge in [0.2, 0.25) is 0 Å². The van der Waals surface area contributed by atoms with E-state index in [1.807, 2.05) is 45.3 Å². The Hall–Kier alpha value is -1.98. The average Bonchev–Trinajstić information content (AvgIpc) is 3.48. The van der Waals surface area contributed by atoms with Crippen LogP contribution in [-0.2, 0) is 0 Å². The fraction of sp³-hybridized carbons (Fsp3) is 0.0833. The van der Waals surface area contributed by atoms with Gasteiger partial charge in [-0.05, 0) is 70.8 Å². The highest BCUT2D eigenvalue weighted by Gasteiger charge is 2.17. The monoisotopic (exact) mass is 432 g/mol. The van der Waals surface area contributed by atoms with Crippen molar-refractivity contribution in [3.05, 3.63) is 69.0 Å². The summed E-state index contributed by atoms with van der Waals surface area (Å²) < 4.78 is 2.78. The molecular formula is C24H16S4. The minimum atomic E-state index is 1.36. The Morgan fingerprint density at radius 3 is 1.46 bits per heavy atom. The van der Waals surface area contributed by atoms with Crippen LogP contribution in [-0.4, -0.2) is 0 Å². The second-order valence-corrected chi connectivity index (χ2v) is 10.8. The fourth-order valence-corrected chi connectivity index (χ4v) is 8.03. The first-order valence-electron chi connectivity index (χ1n) is 9.15. The normalized spacial score (nSPS) is 11.9. The summed E-state index contributed by atoms with van der Waals surface area (Å²) in [7, 11) is 0. The van der Waals surface area contributed by atoms with Gasteiger partial charge in [0.15, 0.2) is 0 Å². The van der Waals surface area contributed by atoms with E-state index in [1.165, 1.54) is 63.0 Å². The lowest BCUT2D eigenvalue weighted by Crippen LogP contribution is -1.86. The van der Waals surface area contributed by atoms with Gasteiger partial charge in [-0.3, -0.25) is 0 Å². The molecule has 0 unspecified atom stereocenters. The van der Waals surface area contributed by atoms with E-state index in [0.717, 1.165) is 0 Å². The van der Waals surface area contributed by atoms with E-state index in [-0.39, 0.29) is 0 Å². The second kappa shape index (κ2) is 6.26. The van der Waals surface area contributed by atoms with Crippen LogP contribution in [0.4, 0.5) is 0 Å². The van der Waals surface area contributed by atoms with Crippen molar-refractivity contribution in [2.75, 3.05) is 0 Å². The van der Waals surface area contributed by atoms with Crippen LogP contribution in [0.2, 0.25) is 0 Å². The van der Waals surface area contributed by atoms with Gasteiger partial charge < -0.3 is 0 Å². The number of rotatable bonds is 2. The van der Waals surface area contributed by atoms with Crippen molar-refractivity contribution in [3.8, 4) is 20.9 Å². The summed E-state index contributed by atoms with van der Waals surface area (Å²) in [5, 5.41) is 14.6. The molecule has 0 N–H and O–H groups in total. The molecule has 0 radical (unpaired) electrons. The van der Waals surface area contributed by atoms with Crippen LogP contribution < -0.4 is 0 Å². The molecule has 0 spiro atoms. The third-order valence-electron chi connectivity index (χ3n) is 5.61. The average molecular weight is 433 g/mol. The molecule has 28 heavy (non-hydrogen) atoms. The first-order valence-corrected chi connectivity index (χ1v) is 12.7. The zero-order chi connectivity index (χ0) is 18.8. The number of aryl methyl sites for hydroxylation is 2. The van der Waals surface area contributed by atoms with Crippen LogP contribution in [0.1, 0.15) is 11.1 Å². The molecule has 6 rings (SSSR count). The molecule has 4 heterocycles. The van der Waals surface area contributed by atoms with Crippen molar-refractivity contribution in [1.82, 2.24) is 0 Å². The Balaban J connectivity index is 1.72. The van der Waals surface area contributed by atoms with Gasteiger partial charge in [-0.1, -0.05) is 12.1 Å². The third-order valence-corrected chi connectivity index (χ3v) is 9.28. The highest BCUT2D eigenvalue weighted by Crippen LogP contribution is 2.45. The lowest BCUT2D eigenvalue weighted by atomic mass is 9.94. The Morgan fingerprint density at radius 1 is 0.607 bits per heavy atom. The number of benzene rings is 2. The van der Waals surface area contributed by atoms with Crippen LogP contribution in [0, 0.1) is 13.8 Å². The number of fused-ring (bicyclic) bond motifs is 3. The molecular weight excluding hydrogens is 417 g/mol. The maximum absolute atomic E-state index is 2.42. The van der Waals surface area contributed by atoms with Crippen molar-refractivity contribution in [3.63, 3.8) is 0 Å². The number of thiophene rings is 4. The van der Waals surface area contributed by atoms with Crippen LogP contribution in [0.3, 0.4) is 0 Å². The molecule has 0 amide bonds. The van der Waals surface area contributed by atoms with Gasteiger partial charge in [0.1, 0.15) is 0 Å². The summed E-state index contributed by atoms with van der Waals surface area (Å²) in [6.07, 6.45) is 0. The minimum Gasteiger partial charge on any atom is -0.144 e. The standard InChI is InChI=1S/C24H16S4/c1-13-15-9-22-24(18(12-28-22)20-6-4-8-26-20)14(2)16(15)10-21-23(13)17(11-27-21)19-5-3-7-25-19/h3-12H,1-2H3. The first-order chi connectivity index (χ1) is 13.7. The molecule has 0 aliphatic heterocycles. The third kappa shape index (κ3) is 2.32. The van der Waals surface area contributed by atoms with E-state index >= 15 is 0 Å².